The van der Waals surface area contributed by atoms with Crippen molar-refractivity contribution in [2.45, 2.75) is 109 Å². The number of Topliss-reactive ketones (excluding diaryl/α,β-unsaturated/α-hetero) is 1. The number of aliphatic hydroxyl groups is 1. The highest BCUT2D eigenvalue weighted by Gasteiger charge is 2.61. The fraction of sp³-hybridized carbons (Fsp3) is 0.958. The summed E-state index contributed by atoms with van der Waals surface area (Å²) in [5.41, 5.74) is 0.118. The monoisotopic (exact) mass is 406 g/mol. The van der Waals surface area contributed by atoms with Crippen LogP contribution in [0.15, 0.2) is 0 Å². The molecule has 160 valence electrons. The first kappa shape index (κ1) is 21.1. The van der Waals surface area contributed by atoms with E-state index in [-0.39, 0.29) is 16.6 Å². The maximum absolute atomic E-state index is 12.0. The van der Waals surface area contributed by atoms with Crippen LogP contribution in [0.1, 0.15) is 79.1 Å². The topological polar surface area (TPSA) is 46.5 Å². The first-order chi connectivity index (χ1) is 12.9. The van der Waals surface area contributed by atoms with Crippen LogP contribution in [0.4, 0.5) is 0 Å². The maximum Gasteiger partial charge on any atom is 0.192 e. The van der Waals surface area contributed by atoms with Gasteiger partial charge in [0.05, 0.1) is 12.2 Å². The number of aliphatic hydroxyl groups excluding tert-OH is 1. The third kappa shape index (κ3) is 3.26. The molecule has 4 fully saturated rings. The number of fused-ring (bicyclic) bond motifs is 5. The van der Waals surface area contributed by atoms with Crippen LogP contribution in [0.2, 0.25) is 18.1 Å². The van der Waals surface area contributed by atoms with Crippen LogP contribution in [-0.2, 0) is 9.22 Å². The van der Waals surface area contributed by atoms with Crippen LogP contribution >= 0.6 is 0 Å². The van der Waals surface area contributed by atoms with Gasteiger partial charge in [0, 0.05) is 12.8 Å². The van der Waals surface area contributed by atoms with Crippen molar-refractivity contribution in [3.63, 3.8) is 0 Å². The van der Waals surface area contributed by atoms with Gasteiger partial charge in [0.1, 0.15) is 5.78 Å². The molecule has 8 atom stereocenters. The lowest BCUT2D eigenvalue weighted by atomic mass is 9.49. The highest BCUT2D eigenvalue weighted by molar-refractivity contribution is 6.74. The molecule has 0 aromatic carbocycles. The predicted octanol–water partition coefficient (Wildman–Crippen LogP) is 5.57. The van der Waals surface area contributed by atoms with Crippen LogP contribution in [0, 0.1) is 35.0 Å². The predicted molar refractivity (Wildman–Crippen MR) is 116 cm³/mol. The fourth-order valence-electron chi connectivity index (χ4n) is 7.42. The van der Waals surface area contributed by atoms with Gasteiger partial charge >= 0.3 is 0 Å². The van der Waals surface area contributed by atoms with Gasteiger partial charge < -0.3 is 9.53 Å². The van der Waals surface area contributed by atoms with Gasteiger partial charge in [-0.25, -0.2) is 0 Å². The van der Waals surface area contributed by atoms with Gasteiger partial charge in [-0.05, 0) is 91.7 Å². The molecule has 0 radical (unpaired) electrons. The normalized spacial score (nSPS) is 46.7. The van der Waals surface area contributed by atoms with Gasteiger partial charge in [0.2, 0.25) is 0 Å². The summed E-state index contributed by atoms with van der Waals surface area (Å²) in [5.74, 6) is 3.33. The van der Waals surface area contributed by atoms with Gasteiger partial charge in [-0.3, -0.25) is 4.79 Å². The number of ketones is 1. The largest absolute Gasteiger partial charge is 0.413 e. The molecule has 0 unspecified atom stereocenters. The zero-order valence-electron chi connectivity index (χ0n) is 19.0. The average Bonchev–Trinajstić information content (AvgIpc) is 2.89. The Bertz CT molecular complexity index is 624. The summed E-state index contributed by atoms with van der Waals surface area (Å²) in [6.07, 6.45) is 8.38. The molecule has 28 heavy (non-hydrogen) atoms. The van der Waals surface area contributed by atoms with E-state index in [4.69, 9.17) is 4.43 Å². The highest BCUT2D eigenvalue weighted by Crippen LogP contribution is 2.63. The Labute approximate surface area is 173 Å². The second-order valence-corrected chi connectivity index (χ2v) is 17.1. The molecule has 4 aliphatic rings. The lowest BCUT2D eigenvalue weighted by Crippen LogP contribution is -2.57. The summed E-state index contributed by atoms with van der Waals surface area (Å²) in [7, 11) is -1.81. The molecule has 1 N–H and O–H groups in total. The molecule has 0 aliphatic heterocycles. The SMILES string of the molecule is CC(C)(C)[Si](C)(C)O[C@H]1CC[C@H]2[C@@H]3CC[C@H]4CC(=O)CC[C@@H]4[C@H]3[C@@H](O)C[C@]12C. The Hall–Kier alpha value is -0.193. The minimum absolute atomic E-state index is 0.118. The van der Waals surface area contributed by atoms with E-state index >= 15 is 0 Å². The molecule has 4 heteroatoms. The average molecular weight is 407 g/mol. The standard InChI is InChI=1S/C24H42O3Si/c1-23(2,3)28(5,6)27-21-12-11-19-18-9-7-15-13-16(25)8-10-17(15)22(18)20(26)14-24(19,21)4/h15,17-22,26H,7-14H2,1-6H3/t15-,17-,18-,19-,20-,21-,22+,24-/m0/s1. The first-order valence-corrected chi connectivity index (χ1v) is 14.7. The third-order valence-corrected chi connectivity index (χ3v) is 14.4. The molecule has 0 heterocycles. The maximum atomic E-state index is 12.0. The van der Waals surface area contributed by atoms with Crippen LogP contribution in [0.3, 0.4) is 0 Å². The van der Waals surface area contributed by atoms with Gasteiger partial charge in [-0.2, -0.15) is 0 Å². The Kier molecular flexibility index (Phi) is 5.20. The van der Waals surface area contributed by atoms with E-state index in [1.807, 2.05) is 0 Å². The van der Waals surface area contributed by atoms with Crippen LogP contribution in [0.5, 0.6) is 0 Å². The molecule has 0 amide bonds. The van der Waals surface area contributed by atoms with Crippen molar-refractivity contribution < 1.29 is 14.3 Å². The van der Waals surface area contributed by atoms with E-state index in [0.29, 0.717) is 41.5 Å². The minimum Gasteiger partial charge on any atom is -0.413 e. The third-order valence-electron chi connectivity index (χ3n) is 9.89. The van der Waals surface area contributed by atoms with Crippen LogP contribution in [0.25, 0.3) is 0 Å². The Morgan fingerprint density at radius 2 is 1.79 bits per heavy atom. The summed E-state index contributed by atoms with van der Waals surface area (Å²) in [6, 6.07) is 0. The number of carbonyl (C=O) groups excluding carboxylic acids is 1. The van der Waals surface area contributed by atoms with Gasteiger partial charge in [0.15, 0.2) is 8.32 Å². The van der Waals surface area contributed by atoms with Crippen molar-refractivity contribution in [3.05, 3.63) is 0 Å². The van der Waals surface area contributed by atoms with Gasteiger partial charge in [0.25, 0.3) is 0 Å². The summed E-state index contributed by atoms with van der Waals surface area (Å²) in [6.45, 7) is 14.1. The molecular formula is C24H42O3Si. The Morgan fingerprint density at radius 1 is 1.07 bits per heavy atom. The Balaban J connectivity index is 1.56. The highest BCUT2D eigenvalue weighted by atomic mass is 28.4. The van der Waals surface area contributed by atoms with E-state index in [1.165, 1.54) is 19.3 Å². The second kappa shape index (κ2) is 6.92. The van der Waals surface area contributed by atoms with E-state index in [0.717, 1.165) is 32.1 Å². The van der Waals surface area contributed by atoms with E-state index in [2.05, 4.69) is 40.8 Å². The quantitative estimate of drug-likeness (QED) is 0.610. The smallest absolute Gasteiger partial charge is 0.192 e. The molecule has 4 rings (SSSR count). The summed E-state index contributed by atoms with van der Waals surface area (Å²) < 4.78 is 6.97. The van der Waals surface area contributed by atoms with Gasteiger partial charge in [-0.15, -0.1) is 0 Å². The van der Waals surface area contributed by atoms with Crippen molar-refractivity contribution in [1.82, 2.24) is 0 Å². The second-order valence-electron chi connectivity index (χ2n) is 12.4. The molecule has 3 nitrogen and oxygen atoms in total. The lowest BCUT2D eigenvalue weighted by molar-refractivity contribution is -0.148. The molecule has 4 saturated carbocycles. The molecule has 0 spiro atoms. The van der Waals surface area contributed by atoms with E-state index in [1.54, 1.807) is 0 Å². The molecule has 4 aliphatic carbocycles. The molecular weight excluding hydrogens is 364 g/mol. The molecule has 0 bridgehead atoms. The van der Waals surface area contributed by atoms with Crippen LogP contribution < -0.4 is 0 Å². The van der Waals surface area contributed by atoms with Crippen molar-refractivity contribution in [2.24, 2.45) is 35.0 Å². The van der Waals surface area contributed by atoms with Crippen molar-refractivity contribution in [1.29, 1.82) is 0 Å². The summed E-state index contributed by atoms with van der Waals surface area (Å²) >= 11 is 0. The molecule has 0 saturated heterocycles. The van der Waals surface area contributed by atoms with Crippen molar-refractivity contribution in [3.8, 4) is 0 Å². The number of rotatable bonds is 2. The van der Waals surface area contributed by atoms with Crippen molar-refractivity contribution in [2.75, 3.05) is 0 Å². The van der Waals surface area contributed by atoms with Crippen LogP contribution in [-0.4, -0.2) is 31.4 Å². The molecule has 0 aromatic heterocycles. The fourth-order valence-corrected chi connectivity index (χ4v) is 8.87. The first-order valence-electron chi connectivity index (χ1n) is 11.8. The molecule has 0 aromatic rings. The number of hydrogen-bond donors (Lipinski definition) is 1. The van der Waals surface area contributed by atoms with E-state index < -0.39 is 8.32 Å². The van der Waals surface area contributed by atoms with Crippen molar-refractivity contribution >= 4 is 14.1 Å². The number of hydrogen-bond acceptors (Lipinski definition) is 3. The lowest BCUT2D eigenvalue weighted by Gasteiger charge is -2.57. The minimum atomic E-state index is -1.81. The van der Waals surface area contributed by atoms with Gasteiger partial charge in [-0.1, -0.05) is 27.7 Å². The summed E-state index contributed by atoms with van der Waals surface area (Å²) in [4.78, 5) is 12.0. The zero-order chi connectivity index (χ0) is 20.5. The number of carbonyl (C=O) groups is 1. The Morgan fingerprint density at radius 3 is 2.46 bits per heavy atom. The van der Waals surface area contributed by atoms with E-state index in [9.17, 15) is 9.90 Å². The zero-order valence-corrected chi connectivity index (χ0v) is 20.0. The summed E-state index contributed by atoms with van der Waals surface area (Å²) in [5, 5.41) is 11.6.